The highest BCUT2D eigenvalue weighted by atomic mass is 31.1. The van der Waals surface area contributed by atoms with Crippen LogP contribution in [0, 0.1) is 0 Å². The Balaban J connectivity index is 1.14. The van der Waals surface area contributed by atoms with Crippen LogP contribution in [0.1, 0.15) is 16.7 Å². The van der Waals surface area contributed by atoms with Crippen molar-refractivity contribution in [3.8, 4) is 11.1 Å². The highest BCUT2D eigenvalue weighted by molar-refractivity contribution is 7.54. The van der Waals surface area contributed by atoms with E-state index >= 15 is 0 Å². The van der Waals surface area contributed by atoms with Gasteiger partial charge in [-0.05, 0) is 101 Å². The predicted octanol–water partition coefficient (Wildman–Crippen LogP) is 11.4. The number of hydrogen-bond donors (Lipinski definition) is 0. The number of benzene rings is 6. The molecule has 6 aromatic carbocycles. The van der Waals surface area contributed by atoms with Gasteiger partial charge in [0.2, 0.25) is 0 Å². The normalized spacial score (nSPS) is 12.5. The minimum Gasteiger partial charge on any atom is -0.316 e. The van der Waals surface area contributed by atoms with Crippen LogP contribution in [-0.4, -0.2) is 16.9 Å². The second kappa shape index (κ2) is 15.2. The molecule has 0 fully saturated rings. The molecular weight excluding hydrogens is 636 g/mol. The summed E-state index contributed by atoms with van der Waals surface area (Å²) in [6.07, 6.45) is 13.3. The molecule has 0 N–H and O–H groups in total. The van der Waals surface area contributed by atoms with Gasteiger partial charge in [0.05, 0.1) is 11.0 Å². The molecule has 0 aliphatic rings. The fourth-order valence-electron chi connectivity index (χ4n) is 6.06. The molecule has 0 aliphatic heterocycles. The van der Waals surface area contributed by atoms with Crippen molar-refractivity contribution in [3.05, 3.63) is 181 Å². The van der Waals surface area contributed by atoms with Crippen LogP contribution >= 0.6 is 15.6 Å². The maximum Gasteiger partial charge on any atom is 0.380 e. The van der Waals surface area contributed by atoms with E-state index in [2.05, 4.69) is 108 Å². The van der Waals surface area contributed by atoms with Gasteiger partial charge in [-0.1, -0.05) is 118 Å². The lowest BCUT2D eigenvalue weighted by Crippen LogP contribution is -1.95. The Morgan fingerprint density at radius 2 is 0.918 bits per heavy atom. The van der Waals surface area contributed by atoms with E-state index in [1.807, 2.05) is 85.0 Å². The molecule has 2 atom stereocenters. The van der Waals surface area contributed by atoms with E-state index in [0.29, 0.717) is 12.3 Å². The number of nitrogens with zero attached hydrogens (tertiary/aromatic N) is 1. The van der Waals surface area contributed by atoms with Crippen molar-refractivity contribution in [3.63, 3.8) is 0 Å². The molecule has 0 amide bonds. The van der Waals surface area contributed by atoms with Crippen molar-refractivity contribution >= 4 is 72.4 Å². The first kappa shape index (κ1) is 32.1. The number of aromatic nitrogens is 1. The van der Waals surface area contributed by atoms with Crippen LogP contribution in [0.15, 0.2) is 164 Å². The average Bonchev–Trinajstić information content (AvgIpc) is 3.48. The first-order valence-electron chi connectivity index (χ1n) is 16.4. The Morgan fingerprint density at radius 3 is 1.43 bits per heavy atom. The first-order chi connectivity index (χ1) is 24.1. The van der Waals surface area contributed by atoms with E-state index in [9.17, 15) is 9.13 Å². The zero-order valence-corrected chi connectivity index (χ0v) is 28.8. The third kappa shape index (κ3) is 7.66. The fourth-order valence-corrected chi connectivity index (χ4v) is 8.09. The molecule has 0 bridgehead atoms. The zero-order chi connectivity index (χ0) is 33.4. The monoisotopic (exact) mass is 671 g/mol. The second-order valence-corrected chi connectivity index (χ2v) is 15.1. The summed E-state index contributed by atoms with van der Waals surface area (Å²) >= 11 is 0. The van der Waals surface area contributed by atoms with E-state index in [4.69, 9.17) is 0 Å². The second-order valence-electron chi connectivity index (χ2n) is 11.8. The minimum atomic E-state index is -1.50. The predicted molar refractivity (Wildman–Crippen MR) is 212 cm³/mol. The van der Waals surface area contributed by atoms with Gasteiger partial charge in [0.25, 0.3) is 0 Å². The van der Waals surface area contributed by atoms with Crippen LogP contribution in [0.5, 0.6) is 0 Å². The summed E-state index contributed by atoms with van der Waals surface area (Å²) in [5.41, 5.74) is 7.71. The molecule has 0 saturated heterocycles. The molecule has 7 aromatic rings. The molecule has 1 heterocycles. The number of fused-ring (bicyclic) bond motifs is 3. The third-order valence-electron chi connectivity index (χ3n) is 8.51. The molecular formula is C44H35NO2P2+2. The maximum atomic E-state index is 12.9. The van der Waals surface area contributed by atoms with E-state index in [1.54, 1.807) is 0 Å². The molecule has 0 spiro atoms. The van der Waals surface area contributed by atoms with Crippen LogP contribution in [0.3, 0.4) is 0 Å². The molecule has 2 unspecified atom stereocenters. The van der Waals surface area contributed by atoms with Crippen molar-refractivity contribution < 1.29 is 9.13 Å². The highest BCUT2D eigenvalue weighted by Gasteiger charge is 2.17. The highest BCUT2D eigenvalue weighted by Crippen LogP contribution is 2.30. The summed E-state index contributed by atoms with van der Waals surface area (Å²) in [6.45, 7) is 0. The molecule has 7 rings (SSSR count). The summed E-state index contributed by atoms with van der Waals surface area (Å²) < 4.78 is 28.0. The summed E-state index contributed by atoms with van der Waals surface area (Å²) in [5, 5.41) is 4.21. The molecule has 0 saturated carbocycles. The van der Waals surface area contributed by atoms with Gasteiger partial charge in [-0.3, -0.25) is 0 Å². The summed E-state index contributed by atoms with van der Waals surface area (Å²) in [4.78, 5) is 0. The first-order valence-corrected chi connectivity index (χ1v) is 19.3. The SMILES string of the molecule is O=[P+](C/C=C/c1cc(/C=C/C[P+](=O)c2ccccc2)cc(-c2ccc(/C=C/n3c4ccccc4c4ccccc43)cc2)c1)c1ccccc1. The van der Waals surface area contributed by atoms with Crippen molar-refractivity contribution in [2.24, 2.45) is 0 Å². The quantitative estimate of drug-likeness (QED) is 0.128. The Bertz CT molecular complexity index is 2220. The molecule has 236 valence electrons. The molecule has 1 aromatic heterocycles. The Labute approximate surface area is 289 Å². The summed E-state index contributed by atoms with van der Waals surface area (Å²) in [7, 11) is -3.01. The topological polar surface area (TPSA) is 39.1 Å². The third-order valence-corrected chi connectivity index (χ3v) is 11.3. The Morgan fingerprint density at radius 1 is 0.449 bits per heavy atom. The maximum absolute atomic E-state index is 12.9. The van der Waals surface area contributed by atoms with E-state index in [0.717, 1.165) is 38.4 Å². The van der Waals surface area contributed by atoms with Gasteiger partial charge in [-0.2, -0.15) is 0 Å². The standard InChI is InChI=1S/C44H35NO2P2/c46-48(39-15-3-1-4-16-39)29-11-13-35-31-36(14-12-30-49(47)40-17-5-2-6-18-40)33-38(32-35)37-25-23-34(24-26-37)27-28-45-43-21-9-7-19-41(43)42-20-8-10-22-44(42)45/h1-28,31-33H,29-30H2/q+2/b13-11+,14-12+,28-27+. The number of rotatable bonds is 11. The van der Waals surface area contributed by atoms with Crippen molar-refractivity contribution in [2.75, 3.05) is 12.3 Å². The van der Waals surface area contributed by atoms with Crippen LogP contribution in [-0.2, 0) is 9.13 Å². The largest absolute Gasteiger partial charge is 0.380 e. The van der Waals surface area contributed by atoms with Crippen molar-refractivity contribution in [1.29, 1.82) is 0 Å². The van der Waals surface area contributed by atoms with Gasteiger partial charge in [0.15, 0.2) is 22.9 Å². The number of hydrogen-bond acceptors (Lipinski definition) is 2. The molecule has 49 heavy (non-hydrogen) atoms. The smallest absolute Gasteiger partial charge is 0.316 e. The molecule has 0 aliphatic carbocycles. The van der Waals surface area contributed by atoms with Crippen molar-refractivity contribution in [2.45, 2.75) is 0 Å². The Hall–Kier alpha value is -5.46. The van der Waals surface area contributed by atoms with Gasteiger partial charge in [-0.15, -0.1) is 0 Å². The summed E-state index contributed by atoms with van der Waals surface area (Å²) in [5.74, 6) is 0. The summed E-state index contributed by atoms with van der Waals surface area (Å²) in [6, 6.07) is 51.3. The van der Waals surface area contributed by atoms with Crippen LogP contribution in [0.25, 0.3) is 57.4 Å². The van der Waals surface area contributed by atoms with Crippen LogP contribution in [0.2, 0.25) is 0 Å². The lowest BCUT2D eigenvalue weighted by Gasteiger charge is -2.07. The van der Waals surface area contributed by atoms with Gasteiger partial charge >= 0.3 is 15.6 Å². The van der Waals surface area contributed by atoms with E-state index in [-0.39, 0.29) is 0 Å². The molecule has 3 nitrogen and oxygen atoms in total. The lowest BCUT2D eigenvalue weighted by molar-refractivity contribution is 0.594. The van der Waals surface area contributed by atoms with E-state index in [1.165, 1.54) is 21.8 Å². The number of para-hydroxylation sites is 2. The average molecular weight is 672 g/mol. The lowest BCUT2D eigenvalue weighted by atomic mass is 9.98. The van der Waals surface area contributed by atoms with Crippen LogP contribution < -0.4 is 10.6 Å². The van der Waals surface area contributed by atoms with Gasteiger partial charge in [0, 0.05) is 17.0 Å². The zero-order valence-electron chi connectivity index (χ0n) is 27.0. The molecule has 0 radical (unpaired) electrons. The van der Waals surface area contributed by atoms with Crippen LogP contribution in [0.4, 0.5) is 0 Å². The molecule has 5 heteroatoms. The van der Waals surface area contributed by atoms with Gasteiger partial charge in [-0.25, -0.2) is 0 Å². The van der Waals surface area contributed by atoms with Gasteiger partial charge in [0.1, 0.15) is 0 Å². The van der Waals surface area contributed by atoms with E-state index < -0.39 is 15.6 Å². The van der Waals surface area contributed by atoms with Gasteiger partial charge < -0.3 is 4.57 Å². The minimum absolute atomic E-state index is 0.472. The Kier molecular flexibility index (Phi) is 9.95. The fraction of sp³-hybridized carbons (Fsp3) is 0.0455. The van der Waals surface area contributed by atoms with Crippen molar-refractivity contribution in [1.82, 2.24) is 4.57 Å². The number of allylic oxidation sites excluding steroid dienone is 2.